The van der Waals surface area contributed by atoms with Crippen LogP contribution < -0.4 is 0 Å². The molecule has 126 valence electrons. The second-order valence-corrected chi connectivity index (χ2v) is 7.04. The summed E-state index contributed by atoms with van der Waals surface area (Å²) < 4.78 is 11.3. The fourth-order valence-electron chi connectivity index (χ4n) is 4.71. The van der Waals surface area contributed by atoms with Crippen LogP contribution in [0.15, 0.2) is 0 Å². The topological polar surface area (TPSA) is 42.0 Å². The number of carbonyl (C=O) groups is 1. The van der Waals surface area contributed by atoms with Crippen LogP contribution in [-0.4, -0.2) is 74.4 Å². The summed E-state index contributed by atoms with van der Waals surface area (Å²) in [7, 11) is 2.12. The average Bonchev–Trinajstić information content (AvgIpc) is 3.04. The Morgan fingerprint density at radius 1 is 1.32 bits per heavy atom. The zero-order chi connectivity index (χ0) is 15.6. The van der Waals surface area contributed by atoms with Crippen molar-refractivity contribution in [3.8, 4) is 0 Å². The maximum Gasteiger partial charge on any atom is 0.236 e. The summed E-state index contributed by atoms with van der Waals surface area (Å²) in [6.45, 7) is 6.25. The van der Waals surface area contributed by atoms with Crippen LogP contribution in [0, 0.1) is 5.41 Å². The van der Waals surface area contributed by atoms with Gasteiger partial charge in [-0.05, 0) is 33.2 Å². The minimum atomic E-state index is 0.249. The van der Waals surface area contributed by atoms with Crippen LogP contribution in [0.1, 0.15) is 39.0 Å². The average molecular weight is 310 g/mol. The molecule has 0 radical (unpaired) electrons. The SMILES string of the molecule is CCO[C@@H]1C[C@H](N(C)CC(=O)N2CCOCC2)C12CCCC2. The van der Waals surface area contributed by atoms with Gasteiger partial charge in [-0.1, -0.05) is 12.8 Å². The van der Waals surface area contributed by atoms with Crippen molar-refractivity contribution in [2.45, 2.75) is 51.2 Å². The van der Waals surface area contributed by atoms with E-state index in [9.17, 15) is 4.79 Å². The Balaban J connectivity index is 1.57. The second kappa shape index (κ2) is 6.85. The van der Waals surface area contributed by atoms with Crippen LogP contribution >= 0.6 is 0 Å². The minimum Gasteiger partial charge on any atom is -0.378 e. The molecule has 3 fully saturated rings. The smallest absolute Gasteiger partial charge is 0.236 e. The first-order valence-corrected chi connectivity index (χ1v) is 8.85. The third-order valence-electron chi connectivity index (χ3n) is 5.93. The number of rotatable bonds is 5. The number of morpholine rings is 1. The normalized spacial score (nSPS) is 30.8. The van der Waals surface area contributed by atoms with E-state index in [1.54, 1.807) is 0 Å². The first-order valence-electron chi connectivity index (χ1n) is 8.85. The molecule has 2 atom stereocenters. The predicted molar refractivity (Wildman–Crippen MR) is 84.7 cm³/mol. The lowest BCUT2D eigenvalue weighted by Gasteiger charge is -2.57. The van der Waals surface area contributed by atoms with Gasteiger partial charge < -0.3 is 14.4 Å². The molecule has 0 aromatic rings. The number of carbonyl (C=O) groups excluding carboxylic acids is 1. The van der Waals surface area contributed by atoms with Gasteiger partial charge in [-0.15, -0.1) is 0 Å². The lowest BCUT2D eigenvalue weighted by atomic mass is 9.60. The van der Waals surface area contributed by atoms with E-state index in [2.05, 4.69) is 18.9 Å². The van der Waals surface area contributed by atoms with Gasteiger partial charge in [0.05, 0.1) is 25.9 Å². The fourth-order valence-corrected chi connectivity index (χ4v) is 4.71. The molecule has 22 heavy (non-hydrogen) atoms. The molecule has 1 amide bonds. The first kappa shape index (κ1) is 16.2. The van der Waals surface area contributed by atoms with Crippen molar-refractivity contribution < 1.29 is 14.3 Å². The Morgan fingerprint density at radius 2 is 2.00 bits per heavy atom. The monoisotopic (exact) mass is 310 g/mol. The van der Waals surface area contributed by atoms with Gasteiger partial charge in [0, 0.05) is 31.2 Å². The summed E-state index contributed by atoms with van der Waals surface area (Å²) >= 11 is 0. The highest BCUT2D eigenvalue weighted by Crippen LogP contribution is 2.56. The van der Waals surface area contributed by atoms with Crippen molar-refractivity contribution in [1.82, 2.24) is 9.80 Å². The fraction of sp³-hybridized carbons (Fsp3) is 0.941. The summed E-state index contributed by atoms with van der Waals surface area (Å²) in [4.78, 5) is 16.7. The summed E-state index contributed by atoms with van der Waals surface area (Å²) in [5.41, 5.74) is 0.316. The maximum absolute atomic E-state index is 12.5. The molecular formula is C17H30N2O3. The lowest BCUT2D eigenvalue weighted by molar-refractivity contribution is -0.166. The molecule has 1 saturated heterocycles. The first-order chi connectivity index (χ1) is 10.7. The van der Waals surface area contributed by atoms with E-state index in [-0.39, 0.29) is 5.91 Å². The number of hydrogen-bond donors (Lipinski definition) is 0. The molecule has 2 aliphatic carbocycles. The molecule has 0 unspecified atom stereocenters. The van der Waals surface area contributed by atoms with Gasteiger partial charge >= 0.3 is 0 Å². The highest BCUT2D eigenvalue weighted by molar-refractivity contribution is 5.78. The van der Waals surface area contributed by atoms with Gasteiger partial charge in [0.1, 0.15) is 0 Å². The number of amides is 1. The van der Waals surface area contributed by atoms with E-state index in [0.717, 1.165) is 26.1 Å². The van der Waals surface area contributed by atoms with Gasteiger partial charge in [0.15, 0.2) is 0 Å². The summed E-state index contributed by atoms with van der Waals surface area (Å²) in [5.74, 6) is 0.249. The quantitative estimate of drug-likeness (QED) is 0.772. The van der Waals surface area contributed by atoms with Crippen LogP contribution in [0.3, 0.4) is 0 Å². The molecule has 0 N–H and O–H groups in total. The van der Waals surface area contributed by atoms with Crippen molar-refractivity contribution in [3.05, 3.63) is 0 Å². The summed E-state index contributed by atoms with van der Waals surface area (Å²) in [6, 6.07) is 0.511. The zero-order valence-electron chi connectivity index (χ0n) is 14.1. The molecule has 1 heterocycles. The predicted octanol–water partition coefficient (Wildman–Crippen LogP) is 1.51. The Labute approximate surface area is 133 Å². The molecule has 2 saturated carbocycles. The van der Waals surface area contributed by atoms with E-state index in [4.69, 9.17) is 9.47 Å². The Bertz CT molecular complexity index is 389. The van der Waals surface area contributed by atoms with Crippen LogP contribution in [0.5, 0.6) is 0 Å². The Morgan fingerprint density at radius 3 is 2.64 bits per heavy atom. The third kappa shape index (κ3) is 2.91. The van der Waals surface area contributed by atoms with Crippen molar-refractivity contribution >= 4 is 5.91 Å². The van der Waals surface area contributed by atoms with Gasteiger partial charge in [-0.2, -0.15) is 0 Å². The molecule has 3 aliphatic rings. The van der Waals surface area contributed by atoms with Crippen LogP contribution in [0.2, 0.25) is 0 Å². The summed E-state index contributed by atoms with van der Waals surface area (Å²) in [5, 5.41) is 0. The molecule has 5 heteroatoms. The summed E-state index contributed by atoms with van der Waals surface area (Å²) in [6.07, 6.45) is 6.64. The zero-order valence-corrected chi connectivity index (χ0v) is 14.1. The van der Waals surface area contributed by atoms with Crippen LogP contribution in [0.4, 0.5) is 0 Å². The van der Waals surface area contributed by atoms with Gasteiger partial charge in [-0.25, -0.2) is 0 Å². The standard InChI is InChI=1S/C17H30N2O3/c1-3-22-15-12-14(17(15)6-4-5-7-17)18(2)13-16(20)19-8-10-21-11-9-19/h14-15H,3-13H2,1-2H3/t14-,15+/m0/s1. The van der Waals surface area contributed by atoms with E-state index < -0.39 is 0 Å². The Kier molecular flexibility index (Phi) is 5.05. The van der Waals surface area contributed by atoms with Gasteiger partial charge in [-0.3, -0.25) is 9.69 Å². The van der Waals surface area contributed by atoms with Crippen LogP contribution in [-0.2, 0) is 14.3 Å². The molecule has 0 bridgehead atoms. The molecule has 5 nitrogen and oxygen atoms in total. The van der Waals surface area contributed by atoms with E-state index in [0.29, 0.717) is 37.3 Å². The van der Waals surface area contributed by atoms with Crippen molar-refractivity contribution in [2.75, 3.05) is 46.5 Å². The maximum atomic E-state index is 12.5. The molecular weight excluding hydrogens is 280 g/mol. The van der Waals surface area contributed by atoms with Crippen molar-refractivity contribution in [2.24, 2.45) is 5.41 Å². The molecule has 1 spiro atoms. The highest BCUT2D eigenvalue weighted by atomic mass is 16.5. The van der Waals surface area contributed by atoms with E-state index in [1.807, 2.05) is 4.90 Å². The van der Waals surface area contributed by atoms with Gasteiger partial charge in [0.2, 0.25) is 5.91 Å². The second-order valence-electron chi connectivity index (χ2n) is 7.04. The molecule has 1 aliphatic heterocycles. The van der Waals surface area contributed by atoms with Crippen molar-refractivity contribution in [1.29, 1.82) is 0 Å². The van der Waals surface area contributed by atoms with E-state index in [1.165, 1.54) is 25.7 Å². The number of ether oxygens (including phenoxy) is 2. The minimum absolute atomic E-state index is 0.249. The van der Waals surface area contributed by atoms with Crippen LogP contribution in [0.25, 0.3) is 0 Å². The Hall–Kier alpha value is -0.650. The highest BCUT2D eigenvalue weighted by Gasteiger charge is 2.58. The molecule has 0 aromatic heterocycles. The number of likely N-dealkylation sites (N-methyl/N-ethyl adjacent to an activating group) is 1. The lowest BCUT2D eigenvalue weighted by Crippen LogP contribution is -2.64. The van der Waals surface area contributed by atoms with Gasteiger partial charge in [0.25, 0.3) is 0 Å². The van der Waals surface area contributed by atoms with E-state index >= 15 is 0 Å². The third-order valence-corrected chi connectivity index (χ3v) is 5.93. The van der Waals surface area contributed by atoms with Crippen molar-refractivity contribution in [3.63, 3.8) is 0 Å². The molecule has 0 aromatic carbocycles. The molecule has 3 rings (SSSR count). The number of nitrogens with zero attached hydrogens (tertiary/aromatic N) is 2. The largest absolute Gasteiger partial charge is 0.378 e. The number of hydrogen-bond acceptors (Lipinski definition) is 4.